The first-order chi connectivity index (χ1) is 44.8. The second-order valence-electron chi connectivity index (χ2n) is 22.4. The number of rotatable bonds is 37. The van der Waals surface area contributed by atoms with Gasteiger partial charge >= 0.3 is 29.8 Å². The van der Waals surface area contributed by atoms with Crippen LogP contribution in [0.25, 0.3) is 0 Å². The molecule has 4 fully saturated rings. The Kier molecular flexibility index (Phi) is 27.2. The van der Waals surface area contributed by atoms with Gasteiger partial charge in [0.05, 0.1) is 86.6 Å². The Bertz CT molecular complexity index is 3420. The van der Waals surface area contributed by atoms with Crippen LogP contribution in [0.5, 0.6) is 5.75 Å². The number of carboxylic acids is 1. The van der Waals surface area contributed by atoms with Gasteiger partial charge in [0.15, 0.2) is 11.7 Å². The molecule has 516 valence electrons. The Morgan fingerprint density at radius 1 is 0.851 bits per heavy atom. The summed E-state index contributed by atoms with van der Waals surface area (Å²) in [5.74, 6) is -8.67. The summed E-state index contributed by atoms with van der Waals surface area (Å²) >= 11 is 0. The minimum atomic E-state index is -4.63. The van der Waals surface area contributed by atoms with E-state index in [1.807, 2.05) is 0 Å². The number of ketones is 1. The maximum absolute atomic E-state index is 13.7. The molecule has 2 aromatic carbocycles. The Morgan fingerprint density at radius 3 is 2.21 bits per heavy atom. The highest BCUT2D eigenvalue weighted by Crippen LogP contribution is 2.38. The minimum absolute atomic E-state index is 0.0633. The summed E-state index contributed by atoms with van der Waals surface area (Å²) in [6, 6.07) is 3.49. The molecule has 3 amide bonds. The number of ether oxygens (including phenoxy) is 4. The van der Waals surface area contributed by atoms with Crippen LogP contribution in [0.3, 0.4) is 0 Å². The molecule has 37 heteroatoms. The highest BCUT2D eigenvalue weighted by molar-refractivity contribution is 7.89. The largest absolute Gasteiger partial charge is 0.494 e. The number of hydrogen-bond acceptors (Lipinski definition) is 28. The van der Waals surface area contributed by atoms with Crippen molar-refractivity contribution >= 4 is 90.8 Å². The molecule has 35 nitrogen and oxygen atoms in total. The van der Waals surface area contributed by atoms with Crippen molar-refractivity contribution in [3.8, 4) is 5.75 Å². The van der Waals surface area contributed by atoms with Gasteiger partial charge in [-0.3, -0.25) is 43.1 Å². The number of Topliss-reactive ketones (excluding diaryl/α,β-unsaturated/α-hetero) is 1. The molecule has 5 aliphatic rings. The molecular formula is C57H78N12O23S2. The monoisotopic (exact) mass is 1360 g/mol. The molecule has 4 unspecified atom stereocenters. The Morgan fingerprint density at radius 2 is 1.54 bits per heavy atom. The zero-order valence-corrected chi connectivity index (χ0v) is 53.5. The fraction of sp³-hybridized carbons (Fsp3) is 0.561. The van der Waals surface area contributed by atoms with E-state index >= 15 is 0 Å². The molecule has 0 aliphatic carbocycles. The first-order valence-corrected chi connectivity index (χ1v) is 33.3. The molecule has 0 radical (unpaired) electrons. The number of carbonyl (C=O) groups excluding carboxylic acids is 8. The topological polar surface area (TPSA) is 468 Å². The molecule has 10 N–H and O–H groups in total. The molecular weight excluding hydrogens is 1280 g/mol. The van der Waals surface area contributed by atoms with Crippen LogP contribution in [0.4, 0.5) is 11.6 Å². The number of anilines is 1. The van der Waals surface area contributed by atoms with E-state index < -0.39 is 136 Å². The fourth-order valence-electron chi connectivity index (χ4n) is 10.4. The number of amides is 3. The van der Waals surface area contributed by atoms with Crippen LogP contribution >= 0.6 is 0 Å². The van der Waals surface area contributed by atoms with Crippen LogP contribution in [0.2, 0.25) is 0 Å². The summed E-state index contributed by atoms with van der Waals surface area (Å²) in [4.78, 5) is 148. The van der Waals surface area contributed by atoms with Crippen molar-refractivity contribution in [2.75, 3.05) is 90.0 Å². The maximum Gasteiger partial charge on any atom is 0.349 e. The van der Waals surface area contributed by atoms with E-state index in [9.17, 15) is 69.6 Å². The molecule has 94 heavy (non-hydrogen) atoms. The van der Waals surface area contributed by atoms with Crippen molar-refractivity contribution in [2.24, 2.45) is 16.3 Å². The van der Waals surface area contributed by atoms with Gasteiger partial charge in [0.25, 0.3) is 21.9 Å². The predicted octanol–water partition coefficient (Wildman–Crippen LogP) is -0.163. The number of nitrogens with one attached hydrogen (secondary N) is 8. The van der Waals surface area contributed by atoms with Gasteiger partial charge in [-0.25, -0.2) is 33.4 Å². The lowest BCUT2D eigenvalue weighted by Crippen LogP contribution is -2.57. The SMILES string of the molecule is Cc1cc(OCCCC(=O)NCCCOCCOCCOCCCCC(CS(=O)(=O)O)NN2C(=O)CNOC(=O)C2CCC23CC(=O)ON(CCNOC2=O)OC(=O)C3)cc(C)c1S(=O)(=O)NC(CNC(=O)C1=Nc2cc(CNc3ncc[nH]3)ccc2C(=O)C1C)C(=O)O. The molecule has 0 spiro atoms. The number of fused-ring (bicyclic) bond motifs is 9. The van der Waals surface area contributed by atoms with E-state index in [-0.39, 0.29) is 105 Å². The van der Waals surface area contributed by atoms with Crippen LogP contribution in [-0.4, -0.2) is 209 Å². The number of benzene rings is 2. The highest BCUT2D eigenvalue weighted by Gasteiger charge is 2.50. The second kappa shape index (κ2) is 34.9. The molecule has 4 atom stereocenters. The van der Waals surface area contributed by atoms with Crippen LogP contribution in [0.15, 0.2) is 52.6 Å². The van der Waals surface area contributed by atoms with Crippen molar-refractivity contribution in [1.82, 2.24) is 51.9 Å². The normalized spacial score (nSPS) is 20.1. The quantitative estimate of drug-likeness (QED) is 0.0265. The van der Waals surface area contributed by atoms with E-state index in [0.717, 1.165) is 10.6 Å². The summed E-state index contributed by atoms with van der Waals surface area (Å²) in [6.45, 7) is 5.41. The van der Waals surface area contributed by atoms with Crippen molar-refractivity contribution in [3.05, 3.63) is 65.0 Å². The van der Waals surface area contributed by atoms with Crippen LogP contribution < -0.4 is 41.8 Å². The molecule has 5 aliphatic heterocycles. The number of sulfonamides is 1. The first-order valence-electron chi connectivity index (χ1n) is 30.2. The van der Waals surface area contributed by atoms with Crippen LogP contribution in [0.1, 0.15) is 98.2 Å². The standard InChI is InChI=1S/C57H78N12O23S2/c1-35-26-40(27-36(2)51(35)94(83,84)67-43(53(76)77)32-61-52(75)49-37(3)50(74)41-11-10-38(28-42(41)65-49)31-62-56-59-15-16-60-56)88-21-6-9-45(70)58-14-7-20-86-23-25-87-24-22-85-19-5-4-8-39(34-93(80,81)82)66-69-44(54(78)89-64-33-46(69)71)12-13-57-29-47(72)91-68(92-48(73)30-57)18-17-63-90-55(57)79/h10-11,15-16,26-28,37,39,43-44,63-64,66-67H,4-9,12-14,17-25,29-34H2,1-3H3,(H,58,70)(H,61,75)(H,76,77)(H2,59,60,62)(H,80,81,82). The number of imidazole rings is 1. The Hall–Kier alpha value is -8.11. The number of aliphatic imine (C=N–C) groups is 1. The van der Waals surface area contributed by atoms with Gasteiger partial charge in [0.2, 0.25) is 15.9 Å². The number of hydrogen-bond donors (Lipinski definition) is 10. The summed E-state index contributed by atoms with van der Waals surface area (Å²) in [5.41, 5.74) is 7.07. The third-order valence-electron chi connectivity index (χ3n) is 15.0. The van der Waals surface area contributed by atoms with Crippen molar-refractivity contribution in [3.63, 3.8) is 0 Å². The van der Waals surface area contributed by atoms with Crippen LogP contribution in [0, 0.1) is 25.2 Å². The Labute approximate surface area is 540 Å². The number of aromatic amines is 1. The number of aromatic nitrogens is 2. The van der Waals surface area contributed by atoms with Gasteiger partial charge in [-0.1, -0.05) is 6.07 Å². The zero-order valence-electron chi connectivity index (χ0n) is 51.9. The Balaban J connectivity index is 0.734. The summed E-state index contributed by atoms with van der Waals surface area (Å²) in [5, 5.41) is 19.8. The van der Waals surface area contributed by atoms with Crippen molar-refractivity contribution in [1.29, 1.82) is 0 Å². The van der Waals surface area contributed by atoms with Gasteiger partial charge in [-0.05, 0) is 107 Å². The number of H-pyrrole nitrogens is 1. The molecule has 3 aromatic rings. The van der Waals surface area contributed by atoms with Crippen molar-refractivity contribution < 1.29 is 108 Å². The van der Waals surface area contributed by atoms with E-state index in [1.165, 1.54) is 32.9 Å². The van der Waals surface area contributed by atoms with E-state index in [1.54, 1.807) is 30.6 Å². The number of hydrazine groups is 1. The predicted molar refractivity (Wildman–Crippen MR) is 324 cm³/mol. The molecule has 4 saturated heterocycles. The third kappa shape index (κ3) is 22.0. The summed E-state index contributed by atoms with van der Waals surface area (Å²) in [7, 11) is -9.12. The third-order valence-corrected chi connectivity index (χ3v) is 17.6. The molecule has 0 saturated carbocycles. The number of nitrogens with zero attached hydrogens (tertiary/aromatic N) is 4. The zero-order chi connectivity index (χ0) is 68.0. The average molecular weight is 1360 g/mol. The molecule has 8 rings (SSSR count). The van der Waals surface area contributed by atoms with E-state index in [0.29, 0.717) is 67.9 Å². The summed E-state index contributed by atoms with van der Waals surface area (Å²) < 4.78 is 86.1. The second-order valence-corrected chi connectivity index (χ2v) is 25.5. The smallest absolute Gasteiger partial charge is 0.349 e. The van der Waals surface area contributed by atoms with E-state index in [2.05, 4.69) is 52.0 Å². The molecule has 6 heterocycles. The summed E-state index contributed by atoms with van der Waals surface area (Å²) in [6.07, 6.45) is 2.88. The maximum atomic E-state index is 13.7. The number of hydroxylamine groups is 4. The lowest BCUT2D eigenvalue weighted by Gasteiger charge is -2.36. The number of carboxylic acid groups (broad SMARTS) is 1. The van der Waals surface area contributed by atoms with Gasteiger partial charge in [-0.15, -0.1) is 5.48 Å². The number of unbranched alkanes of at least 4 members (excludes halogenated alkanes) is 1. The van der Waals surface area contributed by atoms with Gasteiger partial charge in [0, 0.05) is 68.5 Å². The lowest BCUT2D eigenvalue weighted by atomic mass is 9.76. The minimum Gasteiger partial charge on any atom is -0.494 e. The van der Waals surface area contributed by atoms with Gasteiger partial charge in [-0.2, -0.15) is 18.6 Å². The highest BCUT2D eigenvalue weighted by atomic mass is 32.2. The fourth-order valence-corrected chi connectivity index (χ4v) is 12.8. The van der Waals surface area contributed by atoms with Gasteiger partial charge in [0.1, 0.15) is 30.1 Å². The van der Waals surface area contributed by atoms with Gasteiger partial charge < -0.3 is 64.3 Å². The van der Waals surface area contributed by atoms with Crippen LogP contribution in [-0.2, 0) is 98.6 Å². The van der Waals surface area contributed by atoms with Crippen molar-refractivity contribution in [2.45, 2.75) is 115 Å². The molecule has 2 bridgehead atoms. The number of carbonyl (C=O) groups is 9. The number of aliphatic carboxylic acids is 1. The first kappa shape index (κ1) is 73.3. The average Bonchev–Trinajstić information content (AvgIpc) is 0.897. The molecule has 1 aromatic heterocycles. The van der Waals surface area contributed by atoms with E-state index in [4.69, 9.17) is 38.3 Å². The number of aryl methyl sites for hydroxylation is 2. The lowest BCUT2D eigenvalue weighted by molar-refractivity contribution is -0.332.